The van der Waals surface area contributed by atoms with E-state index in [1.165, 1.54) is 17.0 Å². The lowest BCUT2D eigenvalue weighted by Gasteiger charge is -2.41. The standard InChI is InChI=1S/C32H33ClF4N6O2/c1-7-26(45)41-12-13-42(20(5)16-41)30(38-6)23-15-24(33)28(22-14-21(32(35,36)37)8-9-25(22)34)40-31(23)43(17-44)29-19(4)10-11-39-27(29)18(2)3/h7-11,14-15,17-18,20H,1,12-13,16H2,2-6H3/b38-30+. The average Bonchev–Trinajstić information content (AvgIpc) is 2.99. The maximum atomic E-state index is 15.2. The molecule has 13 heteroatoms. The number of carbonyl (C=O) groups excluding carboxylic acids is 2. The highest BCUT2D eigenvalue weighted by molar-refractivity contribution is 6.33. The summed E-state index contributed by atoms with van der Waals surface area (Å²) in [4.78, 5) is 43.7. The minimum Gasteiger partial charge on any atom is -0.350 e. The highest BCUT2D eigenvalue weighted by Gasteiger charge is 2.34. The molecule has 0 spiro atoms. The minimum atomic E-state index is -4.75. The topological polar surface area (TPSA) is 82.0 Å². The number of rotatable bonds is 7. The van der Waals surface area contributed by atoms with Gasteiger partial charge in [0.05, 0.1) is 33.2 Å². The molecular formula is C32H33ClF4N6O2. The fraction of sp³-hybridized carbons (Fsp3) is 0.344. The molecule has 1 saturated heterocycles. The number of nitrogens with zero attached hydrogens (tertiary/aromatic N) is 6. The Balaban J connectivity index is 2.00. The van der Waals surface area contributed by atoms with Gasteiger partial charge in [-0.25, -0.2) is 9.37 Å². The first kappa shape index (κ1) is 33.6. The van der Waals surface area contributed by atoms with Crippen LogP contribution >= 0.6 is 11.6 Å². The second-order valence-electron chi connectivity index (χ2n) is 11.0. The number of hydrogen-bond donors (Lipinski definition) is 0. The molecule has 0 saturated carbocycles. The van der Waals surface area contributed by atoms with Gasteiger partial charge in [-0.15, -0.1) is 0 Å². The van der Waals surface area contributed by atoms with Gasteiger partial charge in [-0.1, -0.05) is 32.0 Å². The molecule has 2 amide bonds. The van der Waals surface area contributed by atoms with E-state index in [0.29, 0.717) is 67.0 Å². The fourth-order valence-electron chi connectivity index (χ4n) is 5.42. The zero-order chi connectivity index (χ0) is 33.2. The molecule has 1 aliphatic rings. The Morgan fingerprint density at radius 3 is 2.51 bits per heavy atom. The maximum absolute atomic E-state index is 15.2. The van der Waals surface area contributed by atoms with Crippen molar-refractivity contribution >= 4 is 41.3 Å². The Labute approximate surface area is 264 Å². The predicted molar refractivity (Wildman–Crippen MR) is 166 cm³/mol. The first-order valence-electron chi connectivity index (χ1n) is 14.2. The molecule has 0 radical (unpaired) electrons. The van der Waals surface area contributed by atoms with Crippen LogP contribution in [0.25, 0.3) is 11.3 Å². The van der Waals surface area contributed by atoms with E-state index >= 15 is 4.39 Å². The minimum absolute atomic E-state index is 0.0309. The molecule has 1 atom stereocenters. The van der Waals surface area contributed by atoms with Crippen molar-refractivity contribution in [3.63, 3.8) is 0 Å². The molecule has 1 unspecified atom stereocenters. The van der Waals surface area contributed by atoms with Crippen LogP contribution in [0.3, 0.4) is 0 Å². The third kappa shape index (κ3) is 6.70. The van der Waals surface area contributed by atoms with Gasteiger partial charge in [-0.3, -0.25) is 24.5 Å². The lowest BCUT2D eigenvalue weighted by Crippen LogP contribution is -2.55. The molecule has 1 fully saturated rings. The van der Waals surface area contributed by atoms with Crippen LogP contribution < -0.4 is 4.90 Å². The number of carbonyl (C=O) groups is 2. The molecule has 1 aliphatic heterocycles. The van der Waals surface area contributed by atoms with Crippen molar-refractivity contribution in [1.82, 2.24) is 19.8 Å². The van der Waals surface area contributed by atoms with E-state index in [2.05, 4.69) is 21.5 Å². The Bertz CT molecular complexity index is 1660. The van der Waals surface area contributed by atoms with E-state index in [1.54, 1.807) is 31.1 Å². The Morgan fingerprint density at radius 2 is 1.93 bits per heavy atom. The normalized spacial score (nSPS) is 15.8. The van der Waals surface area contributed by atoms with Crippen LogP contribution in [-0.2, 0) is 15.8 Å². The number of benzene rings is 1. The first-order valence-corrected chi connectivity index (χ1v) is 14.5. The van der Waals surface area contributed by atoms with Crippen LogP contribution in [0.5, 0.6) is 0 Å². The van der Waals surface area contributed by atoms with Crippen LogP contribution in [0.2, 0.25) is 5.02 Å². The van der Waals surface area contributed by atoms with Crippen molar-refractivity contribution in [2.45, 2.75) is 45.8 Å². The number of alkyl halides is 3. The number of hydrogen-bond acceptors (Lipinski definition) is 5. The number of halogens is 5. The zero-order valence-corrected chi connectivity index (χ0v) is 26.2. The monoisotopic (exact) mass is 644 g/mol. The molecule has 0 aliphatic carbocycles. The zero-order valence-electron chi connectivity index (χ0n) is 25.5. The van der Waals surface area contributed by atoms with Gasteiger partial charge in [0.1, 0.15) is 11.7 Å². The molecule has 4 rings (SSSR count). The van der Waals surface area contributed by atoms with Gasteiger partial charge in [-0.2, -0.15) is 13.2 Å². The maximum Gasteiger partial charge on any atom is 0.416 e. The number of amidine groups is 1. The molecule has 1 aromatic carbocycles. The summed E-state index contributed by atoms with van der Waals surface area (Å²) in [6.07, 6.45) is -1.37. The van der Waals surface area contributed by atoms with Crippen LogP contribution in [0.1, 0.15) is 49.1 Å². The summed E-state index contributed by atoms with van der Waals surface area (Å²) in [5.74, 6) is -0.983. The van der Waals surface area contributed by atoms with Gasteiger partial charge in [0.2, 0.25) is 12.3 Å². The molecule has 238 valence electrons. The summed E-state index contributed by atoms with van der Waals surface area (Å²) in [6, 6.07) is 4.87. The SMILES string of the molecule is C=CC(=O)N1CCN(/C(=N/C)c2cc(Cl)c(-c3cc(C(F)(F)F)ccc3F)nc2N(C=O)c2c(C)ccnc2C(C)C)C(C)C1. The summed E-state index contributed by atoms with van der Waals surface area (Å²) < 4.78 is 56.1. The highest BCUT2D eigenvalue weighted by atomic mass is 35.5. The summed E-state index contributed by atoms with van der Waals surface area (Å²) in [6.45, 7) is 12.1. The number of aryl methyl sites for hydroxylation is 1. The van der Waals surface area contributed by atoms with Crippen molar-refractivity contribution in [2.24, 2.45) is 4.99 Å². The summed E-state index contributed by atoms with van der Waals surface area (Å²) >= 11 is 6.67. The van der Waals surface area contributed by atoms with Gasteiger partial charge in [0.25, 0.3) is 0 Å². The molecule has 3 aromatic rings. The summed E-state index contributed by atoms with van der Waals surface area (Å²) in [5, 5.41) is -0.154. The third-order valence-electron chi connectivity index (χ3n) is 7.62. The van der Waals surface area contributed by atoms with Crippen molar-refractivity contribution < 1.29 is 27.2 Å². The fourth-order valence-corrected chi connectivity index (χ4v) is 5.67. The largest absolute Gasteiger partial charge is 0.416 e. The van der Waals surface area contributed by atoms with Crippen molar-refractivity contribution in [1.29, 1.82) is 0 Å². The van der Waals surface area contributed by atoms with Crippen molar-refractivity contribution in [2.75, 3.05) is 31.6 Å². The second kappa shape index (κ2) is 13.4. The van der Waals surface area contributed by atoms with Gasteiger partial charge in [0.15, 0.2) is 5.82 Å². The average molecular weight is 645 g/mol. The number of piperazine rings is 1. The van der Waals surface area contributed by atoms with Gasteiger partial charge >= 0.3 is 6.18 Å². The number of aromatic nitrogens is 2. The lowest BCUT2D eigenvalue weighted by atomic mass is 10.0. The number of pyridine rings is 2. The van der Waals surface area contributed by atoms with Gasteiger partial charge in [-0.05, 0) is 61.7 Å². The van der Waals surface area contributed by atoms with Crippen LogP contribution in [-0.4, -0.2) is 70.6 Å². The molecule has 0 bridgehead atoms. The van der Waals surface area contributed by atoms with Crippen LogP contribution in [0, 0.1) is 12.7 Å². The van der Waals surface area contributed by atoms with E-state index in [1.807, 2.05) is 25.7 Å². The van der Waals surface area contributed by atoms with Gasteiger partial charge < -0.3 is 9.80 Å². The van der Waals surface area contributed by atoms with Crippen LogP contribution in [0.15, 0.2) is 54.2 Å². The van der Waals surface area contributed by atoms with Crippen LogP contribution in [0.4, 0.5) is 29.1 Å². The molecule has 2 aromatic heterocycles. The highest BCUT2D eigenvalue weighted by Crippen LogP contribution is 2.40. The van der Waals surface area contributed by atoms with Gasteiger partial charge in [0, 0.05) is 44.5 Å². The number of aliphatic imine (C=N–C) groups is 1. The van der Waals surface area contributed by atoms with Crippen molar-refractivity contribution in [3.8, 4) is 11.3 Å². The summed E-state index contributed by atoms with van der Waals surface area (Å²) in [5.41, 5.74) is 0.0740. The Kier molecular flexibility index (Phi) is 9.96. The van der Waals surface area contributed by atoms with Crippen molar-refractivity contribution in [3.05, 3.63) is 82.4 Å². The molecule has 45 heavy (non-hydrogen) atoms. The lowest BCUT2D eigenvalue weighted by molar-refractivity contribution is -0.137. The van der Waals surface area contributed by atoms with E-state index in [9.17, 15) is 22.8 Å². The Morgan fingerprint density at radius 1 is 1.22 bits per heavy atom. The molecular weight excluding hydrogens is 612 g/mol. The number of amides is 2. The second-order valence-corrected chi connectivity index (χ2v) is 11.4. The molecule has 3 heterocycles. The van der Waals surface area contributed by atoms with E-state index in [4.69, 9.17) is 11.6 Å². The number of anilines is 2. The Hall–Kier alpha value is -4.32. The van der Waals surface area contributed by atoms with E-state index in [0.717, 1.165) is 0 Å². The summed E-state index contributed by atoms with van der Waals surface area (Å²) in [7, 11) is 1.54. The molecule has 8 nitrogen and oxygen atoms in total. The quantitative estimate of drug-likeness (QED) is 0.0932. The van der Waals surface area contributed by atoms with E-state index < -0.39 is 23.1 Å². The third-order valence-corrected chi connectivity index (χ3v) is 7.91. The smallest absolute Gasteiger partial charge is 0.350 e. The molecule has 0 N–H and O–H groups in total. The predicted octanol–water partition coefficient (Wildman–Crippen LogP) is 6.78. The first-order chi connectivity index (χ1) is 21.2. The van der Waals surface area contributed by atoms with E-state index in [-0.39, 0.29) is 40.0 Å².